The molecule has 1 aliphatic rings. The van der Waals surface area contributed by atoms with Crippen molar-refractivity contribution >= 4 is 23.2 Å². The summed E-state index contributed by atoms with van der Waals surface area (Å²) in [6, 6.07) is 11.2. The number of hydrogen-bond donors (Lipinski definition) is 0. The van der Waals surface area contributed by atoms with Crippen molar-refractivity contribution in [3.8, 4) is 12.1 Å². The van der Waals surface area contributed by atoms with E-state index >= 15 is 0 Å². The monoisotopic (exact) mass is 384 g/mol. The summed E-state index contributed by atoms with van der Waals surface area (Å²) in [6.45, 7) is 2.49. The van der Waals surface area contributed by atoms with Crippen molar-refractivity contribution in [3.63, 3.8) is 0 Å². The first-order chi connectivity index (χ1) is 12.6. The Morgan fingerprint density at radius 3 is 1.69 bits per heavy atom. The maximum atomic E-state index is 9.38. The van der Waals surface area contributed by atoms with Crippen molar-refractivity contribution in [2.45, 2.75) is 13.1 Å². The summed E-state index contributed by atoms with van der Waals surface area (Å²) in [6.07, 6.45) is 3.40. The maximum absolute atomic E-state index is 9.38. The molecule has 6 nitrogen and oxygen atoms in total. The SMILES string of the molecule is N#CC(C#N)=C1N(Cc2ccc(Cl)nc2)CCN1Cc1ccc(Cl)nc1. The number of allylic oxidation sites excluding steroid dienone is 1. The van der Waals surface area contributed by atoms with Gasteiger partial charge in [0.2, 0.25) is 0 Å². The van der Waals surface area contributed by atoms with Gasteiger partial charge < -0.3 is 9.80 Å². The van der Waals surface area contributed by atoms with Gasteiger partial charge in [0.25, 0.3) is 0 Å². The van der Waals surface area contributed by atoms with Crippen LogP contribution < -0.4 is 0 Å². The Bertz CT molecular complexity index is 820. The molecule has 2 aromatic heterocycles. The zero-order valence-corrected chi connectivity index (χ0v) is 15.2. The fourth-order valence-electron chi connectivity index (χ4n) is 2.84. The van der Waals surface area contributed by atoms with Crippen LogP contribution in [-0.4, -0.2) is 32.9 Å². The summed E-state index contributed by atoms with van der Waals surface area (Å²) in [5.74, 6) is 0.625. The third kappa shape index (κ3) is 4.05. The third-order valence-corrected chi connectivity index (χ3v) is 4.46. The Balaban J connectivity index is 1.86. The minimum absolute atomic E-state index is 0.0892. The molecule has 0 amide bonds. The second kappa shape index (κ2) is 8.05. The van der Waals surface area contributed by atoms with E-state index in [0.717, 1.165) is 11.1 Å². The molecular formula is C18H14Cl2N6. The van der Waals surface area contributed by atoms with E-state index in [1.54, 1.807) is 24.5 Å². The highest BCUT2D eigenvalue weighted by molar-refractivity contribution is 6.29. The second-order valence-corrected chi connectivity index (χ2v) is 6.52. The molecule has 0 radical (unpaired) electrons. The molecule has 1 aliphatic heterocycles. The molecule has 130 valence electrons. The van der Waals surface area contributed by atoms with E-state index in [4.69, 9.17) is 23.2 Å². The van der Waals surface area contributed by atoms with Gasteiger partial charge >= 0.3 is 0 Å². The van der Waals surface area contributed by atoms with Crippen LogP contribution in [0.15, 0.2) is 48.1 Å². The molecule has 0 aromatic carbocycles. The van der Waals surface area contributed by atoms with Crippen molar-refractivity contribution in [1.29, 1.82) is 10.5 Å². The van der Waals surface area contributed by atoms with Crippen molar-refractivity contribution in [3.05, 3.63) is 69.5 Å². The number of rotatable bonds is 4. The summed E-state index contributed by atoms with van der Waals surface area (Å²) in [7, 11) is 0. The van der Waals surface area contributed by atoms with Gasteiger partial charge in [0.15, 0.2) is 5.57 Å². The van der Waals surface area contributed by atoms with Crippen LogP contribution in [0, 0.1) is 22.7 Å². The summed E-state index contributed by atoms with van der Waals surface area (Å²) >= 11 is 11.7. The topological polar surface area (TPSA) is 79.8 Å². The lowest BCUT2D eigenvalue weighted by Crippen LogP contribution is -2.24. The fraction of sp³-hybridized carbons (Fsp3) is 0.222. The Morgan fingerprint density at radius 2 is 1.35 bits per heavy atom. The molecule has 1 saturated heterocycles. The fourth-order valence-corrected chi connectivity index (χ4v) is 3.07. The van der Waals surface area contributed by atoms with Crippen LogP contribution >= 0.6 is 23.2 Å². The standard InChI is InChI=1S/C18H14Cl2N6/c19-16-3-1-13(9-23-16)11-25-5-6-26(18(25)15(7-21)8-22)12-14-2-4-17(20)24-10-14/h1-4,9-10H,5-6,11-12H2. The van der Waals surface area contributed by atoms with E-state index in [1.807, 2.05) is 34.1 Å². The van der Waals surface area contributed by atoms with Gasteiger partial charge in [0.05, 0.1) is 0 Å². The molecule has 0 spiro atoms. The molecule has 3 heterocycles. The highest BCUT2D eigenvalue weighted by Crippen LogP contribution is 2.26. The molecule has 0 unspecified atom stereocenters. The third-order valence-electron chi connectivity index (χ3n) is 4.01. The molecule has 0 bridgehead atoms. The zero-order valence-electron chi connectivity index (χ0n) is 13.7. The van der Waals surface area contributed by atoms with E-state index in [-0.39, 0.29) is 5.57 Å². The number of aromatic nitrogens is 2. The lowest BCUT2D eigenvalue weighted by atomic mass is 10.2. The highest BCUT2D eigenvalue weighted by Gasteiger charge is 2.28. The molecule has 2 aromatic rings. The molecular weight excluding hydrogens is 371 g/mol. The van der Waals surface area contributed by atoms with Gasteiger partial charge in [-0.15, -0.1) is 0 Å². The molecule has 8 heteroatoms. The van der Waals surface area contributed by atoms with Gasteiger partial charge in [-0.1, -0.05) is 35.3 Å². The first kappa shape index (κ1) is 18.0. The van der Waals surface area contributed by atoms with E-state index in [0.29, 0.717) is 42.3 Å². The van der Waals surface area contributed by atoms with Crippen LogP contribution in [0.1, 0.15) is 11.1 Å². The molecule has 26 heavy (non-hydrogen) atoms. The largest absolute Gasteiger partial charge is 0.350 e. The van der Waals surface area contributed by atoms with Gasteiger partial charge in [0, 0.05) is 38.6 Å². The number of pyridine rings is 2. The summed E-state index contributed by atoms with van der Waals surface area (Å²) < 4.78 is 0. The predicted molar refractivity (Wildman–Crippen MR) is 97.6 cm³/mol. The maximum Gasteiger partial charge on any atom is 0.169 e. The van der Waals surface area contributed by atoms with E-state index in [9.17, 15) is 10.5 Å². The van der Waals surface area contributed by atoms with Gasteiger partial charge in [-0.3, -0.25) is 0 Å². The van der Waals surface area contributed by atoms with Crippen LogP contribution in [0.4, 0.5) is 0 Å². The van der Waals surface area contributed by atoms with Gasteiger partial charge in [0.1, 0.15) is 28.3 Å². The number of nitrogens with zero attached hydrogens (tertiary/aromatic N) is 6. The number of nitriles is 2. The normalized spacial score (nSPS) is 13.5. The van der Waals surface area contributed by atoms with Crippen molar-refractivity contribution in [1.82, 2.24) is 19.8 Å². The average Bonchev–Trinajstić information content (AvgIpc) is 3.02. The number of halogens is 2. The Morgan fingerprint density at radius 1 is 0.885 bits per heavy atom. The van der Waals surface area contributed by atoms with Crippen molar-refractivity contribution < 1.29 is 0 Å². The van der Waals surface area contributed by atoms with Crippen LogP contribution in [0.25, 0.3) is 0 Å². The molecule has 0 atom stereocenters. The predicted octanol–water partition coefficient (Wildman–Crippen LogP) is 3.36. The van der Waals surface area contributed by atoms with Crippen LogP contribution in [0.5, 0.6) is 0 Å². The quantitative estimate of drug-likeness (QED) is 0.593. The van der Waals surface area contributed by atoms with E-state index in [2.05, 4.69) is 9.97 Å². The first-order valence-electron chi connectivity index (χ1n) is 7.86. The van der Waals surface area contributed by atoms with Gasteiger partial charge in [-0.2, -0.15) is 10.5 Å². The molecule has 0 aliphatic carbocycles. The Labute approximate surface area is 161 Å². The van der Waals surface area contributed by atoms with Gasteiger partial charge in [-0.25, -0.2) is 9.97 Å². The molecule has 3 rings (SSSR count). The van der Waals surface area contributed by atoms with Gasteiger partial charge in [-0.05, 0) is 23.3 Å². The second-order valence-electron chi connectivity index (χ2n) is 5.74. The summed E-state index contributed by atoms with van der Waals surface area (Å²) in [4.78, 5) is 12.2. The van der Waals surface area contributed by atoms with Crippen LogP contribution in [0.3, 0.4) is 0 Å². The Kier molecular flexibility index (Phi) is 5.58. The molecule has 0 N–H and O–H groups in total. The smallest absolute Gasteiger partial charge is 0.169 e. The number of hydrogen-bond acceptors (Lipinski definition) is 6. The minimum Gasteiger partial charge on any atom is -0.350 e. The van der Waals surface area contributed by atoms with Crippen LogP contribution in [-0.2, 0) is 13.1 Å². The molecule has 0 saturated carbocycles. The lowest BCUT2D eigenvalue weighted by Gasteiger charge is -2.25. The molecule has 1 fully saturated rings. The zero-order chi connectivity index (χ0) is 18.5. The minimum atomic E-state index is 0.0892. The van der Waals surface area contributed by atoms with Crippen LogP contribution in [0.2, 0.25) is 10.3 Å². The highest BCUT2D eigenvalue weighted by atomic mass is 35.5. The Hall–Kier alpha value is -2.80. The van der Waals surface area contributed by atoms with E-state index < -0.39 is 0 Å². The van der Waals surface area contributed by atoms with E-state index in [1.165, 1.54) is 0 Å². The lowest BCUT2D eigenvalue weighted by molar-refractivity contribution is 0.324. The first-order valence-corrected chi connectivity index (χ1v) is 8.61. The summed E-state index contributed by atoms with van der Waals surface area (Å²) in [5.41, 5.74) is 2.00. The summed E-state index contributed by atoms with van der Waals surface area (Å²) in [5, 5.41) is 19.6. The van der Waals surface area contributed by atoms with Crippen molar-refractivity contribution in [2.75, 3.05) is 13.1 Å². The average molecular weight is 385 g/mol. The van der Waals surface area contributed by atoms with Crippen molar-refractivity contribution in [2.24, 2.45) is 0 Å².